The molecule has 0 bridgehead atoms. The molecule has 5 atom stereocenters. The molecule has 0 spiro atoms. The molecule has 286 valence electrons. The van der Waals surface area contributed by atoms with Crippen molar-refractivity contribution in [3.63, 3.8) is 0 Å². The average molecular weight is 759 g/mol. The monoisotopic (exact) mass is 758 g/mol. The van der Waals surface area contributed by atoms with Gasteiger partial charge in [-0.2, -0.15) is 4.57 Å². The topological polar surface area (TPSA) is 242 Å². The summed E-state index contributed by atoms with van der Waals surface area (Å²) in [6, 6.07) is 13.3. The van der Waals surface area contributed by atoms with Gasteiger partial charge in [-0.15, -0.1) is 0 Å². The molecule has 1 fully saturated rings. The zero-order valence-electron chi connectivity index (χ0n) is 29.3. The second kappa shape index (κ2) is 13.7. The van der Waals surface area contributed by atoms with Crippen molar-refractivity contribution in [1.29, 1.82) is 0 Å². The van der Waals surface area contributed by atoms with Gasteiger partial charge in [-0.3, -0.25) is 4.79 Å². The summed E-state index contributed by atoms with van der Waals surface area (Å²) in [7, 11) is 3.34. The maximum atomic E-state index is 12.9. The van der Waals surface area contributed by atoms with E-state index in [9.17, 15) is 45.6 Å². The van der Waals surface area contributed by atoms with Gasteiger partial charge in [0, 0.05) is 24.6 Å². The summed E-state index contributed by atoms with van der Waals surface area (Å²) in [6.45, 7) is 0.483. The molecule has 8 N–H and O–H groups in total. The number of phenols is 4. The summed E-state index contributed by atoms with van der Waals surface area (Å²) in [6.07, 6.45) is -5.05. The Bertz CT molecular complexity index is 2570. The van der Waals surface area contributed by atoms with Crippen molar-refractivity contribution in [1.82, 2.24) is 0 Å². The molecule has 16 nitrogen and oxygen atoms in total. The highest BCUT2D eigenvalue weighted by Crippen LogP contribution is 2.46. The van der Waals surface area contributed by atoms with Crippen LogP contribution >= 0.6 is 0 Å². The summed E-state index contributed by atoms with van der Waals surface area (Å²) in [4.78, 5) is 12.9. The van der Waals surface area contributed by atoms with Crippen LogP contribution in [0.3, 0.4) is 0 Å². The lowest BCUT2D eigenvalue weighted by Gasteiger charge is -2.40. The molecular weight excluding hydrogens is 722 g/mol. The first-order chi connectivity index (χ1) is 26.4. The van der Waals surface area contributed by atoms with Gasteiger partial charge in [0.15, 0.2) is 47.2 Å². The predicted octanol–water partition coefficient (Wildman–Crippen LogP) is 2.38. The van der Waals surface area contributed by atoms with Gasteiger partial charge in [-0.1, -0.05) is 0 Å². The molecule has 1 saturated heterocycles. The Morgan fingerprint density at radius 2 is 1.55 bits per heavy atom. The van der Waals surface area contributed by atoms with Crippen LogP contribution in [0.5, 0.6) is 46.0 Å². The van der Waals surface area contributed by atoms with Gasteiger partial charge in [0.1, 0.15) is 58.6 Å². The number of phenolic OH excluding ortho intramolecular Hbond substituents is 4. The normalized spacial score (nSPS) is 21.2. The number of aromatic nitrogens is 1. The quantitative estimate of drug-likeness (QED) is 0.0731. The lowest BCUT2D eigenvalue weighted by Crippen LogP contribution is -2.55. The lowest BCUT2D eigenvalue weighted by atomic mass is 9.89. The van der Waals surface area contributed by atoms with Crippen LogP contribution in [-0.2, 0) is 17.7 Å². The first kappa shape index (κ1) is 36.0. The Morgan fingerprint density at radius 1 is 0.818 bits per heavy atom. The van der Waals surface area contributed by atoms with E-state index in [0.29, 0.717) is 6.79 Å². The summed E-state index contributed by atoms with van der Waals surface area (Å²) >= 11 is 0. The molecule has 3 aliphatic heterocycles. The number of aryl methyl sites for hydroxylation is 2. The van der Waals surface area contributed by atoms with Crippen LogP contribution in [0.15, 0.2) is 63.9 Å². The van der Waals surface area contributed by atoms with E-state index in [0.717, 1.165) is 64.9 Å². The zero-order chi connectivity index (χ0) is 38.9. The molecule has 55 heavy (non-hydrogen) atoms. The Hall–Kier alpha value is -6.04. The molecule has 16 heteroatoms. The number of aliphatic hydroxyl groups is 4. The number of fused-ring (bicyclic) bond motifs is 7. The van der Waals surface area contributed by atoms with E-state index in [4.69, 9.17) is 28.1 Å². The third-order valence-corrected chi connectivity index (χ3v) is 10.2. The second-order valence-corrected chi connectivity index (χ2v) is 13.3. The van der Waals surface area contributed by atoms with Crippen molar-refractivity contribution < 1.29 is 73.5 Å². The SMILES string of the molecule is COc1ccc2cc3[n+](cc2c1OC)CCc1cc2c(cc1-3)OCO2.O=c1c2cc(O)c(O)cc2oc2cc(O)c([C@@H]3O[C@H](CO)[C@@H](O)[C@H](O)[C@H]3O)c(O)c12. The number of aliphatic hydroxyl groups excluding tert-OH is 4. The number of hydrogen-bond acceptors (Lipinski definition) is 15. The number of methoxy groups -OCH3 is 2. The van der Waals surface area contributed by atoms with Crippen molar-refractivity contribution in [2.75, 3.05) is 27.6 Å². The van der Waals surface area contributed by atoms with E-state index in [-0.39, 0.29) is 16.6 Å². The number of hydrogen-bond donors (Lipinski definition) is 8. The van der Waals surface area contributed by atoms with Crippen molar-refractivity contribution in [3.05, 3.63) is 76.1 Å². The third kappa shape index (κ3) is 5.82. The van der Waals surface area contributed by atoms with Crippen molar-refractivity contribution in [2.24, 2.45) is 0 Å². The molecule has 6 aromatic rings. The number of pyridine rings is 1. The Labute approximate surface area is 310 Å². The van der Waals surface area contributed by atoms with Crippen LogP contribution in [-0.4, -0.2) is 92.9 Å². The van der Waals surface area contributed by atoms with Crippen molar-refractivity contribution in [2.45, 2.75) is 43.5 Å². The largest absolute Gasteiger partial charge is 0.507 e. The maximum Gasteiger partial charge on any atom is 0.231 e. The fraction of sp³-hybridized carbons (Fsp3) is 0.282. The smallest absolute Gasteiger partial charge is 0.231 e. The van der Waals surface area contributed by atoms with Gasteiger partial charge < -0.3 is 69.0 Å². The van der Waals surface area contributed by atoms with E-state index in [2.05, 4.69) is 35.0 Å². The average Bonchev–Trinajstić information content (AvgIpc) is 3.64. The van der Waals surface area contributed by atoms with Gasteiger partial charge in [0.05, 0.1) is 42.7 Å². The van der Waals surface area contributed by atoms with Crippen LogP contribution in [0.2, 0.25) is 0 Å². The zero-order valence-corrected chi connectivity index (χ0v) is 29.3. The summed E-state index contributed by atoms with van der Waals surface area (Å²) in [5, 5.41) is 81.6. The molecule has 0 radical (unpaired) electrons. The van der Waals surface area contributed by atoms with Crippen LogP contribution in [0.1, 0.15) is 17.2 Å². The Morgan fingerprint density at radius 3 is 2.27 bits per heavy atom. The minimum absolute atomic E-state index is 0.123. The number of ether oxygens (including phenoxy) is 5. The summed E-state index contributed by atoms with van der Waals surface area (Å²) in [5.41, 5.74) is 2.01. The van der Waals surface area contributed by atoms with Crippen LogP contribution in [0.4, 0.5) is 0 Å². The third-order valence-electron chi connectivity index (χ3n) is 10.2. The van der Waals surface area contributed by atoms with Gasteiger partial charge in [0.25, 0.3) is 0 Å². The fourth-order valence-electron chi connectivity index (χ4n) is 7.41. The number of benzene rings is 4. The van der Waals surface area contributed by atoms with Gasteiger partial charge in [-0.25, -0.2) is 0 Å². The predicted molar refractivity (Wildman–Crippen MR) is 192 cm³/mol. The minimum Gasteiger partial charge on any atom is -0.507 e. The molecule has 2 aromatic heterocycles. The van der Waals surface area contributed by atoms with E-state index < -0.39 is 76.5 Å². The van der Waals surface area contributed by atoms with Gasteiger partial charge in [0.2, 0.25) is 17.9 Å². The number of rotatable bonds is 4. The van der Waals surface area contributed by atoms with Crippen molar-refractivity contribution >= 4 is 32.7 Å². The molecule has 4 aromatic carbocycles. The standard InChI is InChI=1S/C20H18NO4.C19H18O11/c1-22-17-4-3-12-7-16-14-9-19-18(24-11-25-19)8-13(14)5-6-21(16)10-15(12)20(17)23-2;20-4-11-15(25)17(27)18(28)19(30-11)12-8(23)3-10-13(16(12)26)14(24)5-1-6(21)7(22)2-9(5)29-10/h3-4,7-10H,5-6,11H2,1-2H3;1-3,11,15,17-23,25-28H,4H2/q+1;/t;11-,15-,17+,18-,19+/m.1/s1. The number of nitrogens with zero attached hydrogens (tertiary/aromatic N) is 1. The highest BCUT2D eigenvalue weighted by atomic mass is 16.7. The van der Waals surface area contributed by atoms with Crippen molar-refractivity contribution in [3.8, 4) is 57.3 Å². The van der Waals surface area contributed by atoms with Crippen LogP contribution in [0.25, 0.3) is 44.0 Å². The first-order valence-electron chi connectivity index (χ1n) is 17.1. The van der Waals surface area contributed by atoms with Crippen LogP contribution in [0, 0.1) is 0 Å². The Balaban J connectivity index is 0.000000158. The molecule has 3 aliphatic rings. The summed E-state index contributed by atoms with van der Waals surface area (Å²) < 4.78 is 35.2. The molecule has 9 rings (SSSR count). The van der Waals surface area contributed by atoms with E-state index in [1.54, 1.807) is 14.2 Å². The number of aromatic hydroxyl groups is 4. The molecule has 0 aliphatic carbocycles. The van der Waals surface area contributed by atoms with Gasteiger partial charge in [-0.05, 0) is 41.3 Å². The maximum absolute atomic E-state index is 12.9. The molecular formula is C39H36NO15+. The second-order valence-electron chi connectivity index (χ2n) is 13.3. The molecule has 5 heterocycles. The van der Waals surface area contributed by atoms with Gasteiger partial charge >= 0.3 is 0 Å². The van der Waals surface area contributed by atoms with E-state index in [1.807, 2.05) is 6.07 Å². The fourth-order valence-corrected chi connectivity index (χ4v) is 7.41. The minimum atomic E-state index is -1.81. The summed E-state index contributed by atoms with van der Waals surface area (Å²) in [5.74, 6) is 0.561. The highest BCUT2D eigenvalue weighted by molar-refractivity contribution is 5.96. The molecule has 0 unspecified atom stereocenters. The molecule has 0 amide bonds. The Kier molecular flexibility index (Phi) is 8.94. The van der Waals surface area contributed by atoms with Crippen LogP contribution < -0.4 is 28.9 Å². The first-order valence-corrected chi connectivity index (χ1v) is 17.1. The van der Waals surface area contributed by atoms with E-state index >= 15 is 0 Å². The molecule has 0 saturated carbocycles. The van der Waals surface area contributed by atoms with E-state index in [1.165, 1.54) is 16.8 Å². The highest BCUT2D eigenvalue weighted by Gasteiger charge is 2.46. The lowest BCUT2D eigenvalue weighted by molar-refractivity contribution is -0.686.